The van der Waals surface area contributed by atoms with Crippen molar-refractivity contribution >= 4 is 5.97 Å². The fourth-order valence-electron chi connectivity index (χ4n) is 2.53. The van der Waals surface area contributed by atoms with Crippen molar-refractivity contribution < 1.29 is 35.1 Å². The lowest BCUT2D eigenvalue weighted by atomic mass is 9.91. The average molecular weight is 336 g/mol. The molecule has 0 amide bonds. The molecule has 0 aliphatic heterocycles. The summed E-state index contributed by atoms with van der Waals surface area (Å²) in [5.41, 5.74) is -0.828. The van der Waals surface area contributed by atoms with Gasteiger partial charge in [-0.2, -0.15) is 0 Å². The molecular weight excluding hydrogens is 304 g/mol. The van der Waals surface area contributed by atoms with Gasteiger partial charge in [-0.05, 0) is 26.2 Å². The third-order valence-electron chi connectivity index (χ3n) is 3.76. The van der Waals surface area contributed by atoms with E-state index in [0.717, 1.165) is 19.3 Å². The van der Waals surface area contributed by atoms with Gasteiger partial charge in [0.15, 0.2) is 6.10 Å². The van der Waals surface area contributed by atoms with Crippen LogP contribution in [0, 0.1) is 5.92 Å². The first-order valence-electron chi connectivity index (χ1n) is 8.11. The number of carbonyl (C=O) groups is 1. The fraction of sp³-hybridized carbons (Fsp3) is 0.938. The molecule has 7 nitrogen and oxygen atoms in total. The van der Waals surface area contributed by atoms with Crippen molar-refractivity contribution in [1.29, 1.82) is 0 Å². The molecule has 0 aromatic carbocycles. The van der Waals surface area contributed by atoms with Crippen LogP contribution in [-0.2, 0) is 9.53 Å². The van der Waals surface area contributed by atoms with Crippen LogP contribution in [0.4, 0.5) is 0 Å². The molecule has 0 aromatic heterocycles. The maximum Gasteiger partial charge on any atom is 0.338 e. The molecular formula is C16H32O7. The molecule has 5 N–H and O–H groups in total. The lowest BCUT2D eigenvalue weighted by Gasteiger charge is -2.31. The van der Waals surface area contributed by atoms with Gasteiger partial charge in [-0.15, -0.1) is 0 Å². The largest absolute Gasteiger partial charge is 0.458 e. The SMILES string of the molecule is CCCCC(C)CC(C)(C)OC(=O)C(O)C(O)C(O)C(O)CO. The van der Waals surface area contributed by atoms with E-state index in [9.17, 15) is 25.2 Å². The average Bonchev–Trinajstić information content (AvgIpc) is 2.48. The minimum Gasteiger partial charge on any atom is -0.458 e. The maximum absolute atomic E-state index is 11.9. The smallest absolute Gasteiger partial charge is 0.338 e. The number of hydrogen-bond donors (Lipinski definition) is 5. The fourth-order valence-corrected chi connectivity index (χ4v) is 2.53. The standard InChI is InChI=1S/C16H32O7/c1-5-6-7-10(2)8-16(3,4)23-15(22)14(21)13(20)12(19)11(18)9-17/h10-14,17-21H,5-9H2,1-4H3. The van der Waals surface area contributed by atoms with Crippen LogP contribution < -0.4 is 0 Å². The summed E-state index contributed by atoms with van der Waals surface area (Å²) in [5.74, 6) is -0.740. The van der Waals surface area contributed by atoms with Crippen molar-refractivity contribution in [2.45, 2.75) is 83.4 Å². The lowest BCUT2D eigenvalue weighted by molar-refractivity contribution is -0.182. The molecule has 0 rings (SSSR count). The molecule has 0 spiro atoms. The van der Waals surface area contributed by atoms with E-state index in [-0.39, 0.29) is 0 Å². The van der Waals surface area contributed by atoms with Crippen molar-refractivity contribution in [2.24, 2.45) is 5.92 Å². The van der Waals surface area contributed by atoms with Crippen LogP contribution in [-0.4, -0.2) is 68.1 Å². The van der Waals surface area contributed by atoms with Crippen LogP contribution in [0.5, 0.6) is 0 Å². The summed E-state index contributed by atoms with van der Waals surface area (Å²) in [6, 6.07) is 0. The van der Waals surface area contributed by atoms with Crippen LogP contribution in [0.1, 0.15) is 53.4 Å². The molecule has 5 unspecified atom stereocenters. The van der Waals surface area contributed by atoms with Crippen LogP contribution >= 0.6 is 0 Å². The van der Waals surface area contributed by atoms with Gasteiger partial charge < -0.3 is 30.3 Å². The van der Waals surface area contributed by atoms with E-state index in [1.165, 1.54) is 0 Å². The Morgan fingerprint density at radius 2 is 1.70 bits per heavy atom. The zero-order chi connectivity index (χ0) is 18.2. The quantitative estimate of drug-likeness (QED) is 0.335. The number of unbranched alkanes of at least 4 members (excludes halogenated alkanes) is 1. The third-order valence-corrected chi connectivity index (χ3v) is 3.76. The maximum atomic E-state index is 11.9. The Balaban J connectivity index is 4.59. The van der Waals surface area contributed by atoms with Gasteiger partial charge in [0.2, 0.25) is 0 Å². The Hall–Kier alpha value is -0.730. The van der Waals surface area contributed by atoms with Gasteiger partial charge in [0.25, 0.3) is 0 Å². The summed E-state index contributed by atoms with van der Waals surface area (Å²) in [6.07, 6.45) is -3.69. The minimum atomic E-state index is -2.00. The molecule has 0 aliphatic rings. The topological polar surface area (TPSA) is 127 Å². The third kappa shape index (κ3) is 8.08. The highest BCUT2D eigenvalue weighted by molar-refractivity contribution is 5.75. The second kappa shape index (κ2) is 10.2. The molecule has 0 aromatic rings. The van der Waals surface area contributed by atoms with E-state index in [4.69, 9.17) is 9.84 Å². The molecule has 5 atom stereocenters. The van der Waals surface area contributed by atoms with E-state index >= 15 is 0 Å². The van der Waals surface area contributed by atoms with E-state index in [1.807, 2.05) is 0 Å². The number of carbonyl (C=O) groups excluding carboxylic acids is 1. The van der Waals surface area contributed by atoms with Gasteiger partial charge in [-0.25, -0.2) is 4.79 Å². The van der Waals surface area contributed by atoms with Crippen molar-refractivity contribution in [2.75, 3.05) is 6.61 Å². The summed E-state index contributed by atoms with van der Waals surface area (Å²) >= 11 is 0. The molecule has 0 radical (unpaired) electrons. The van der Waals surface area contributed by atoms with Gasteiger partial charge in [0, 0.05) is 0 Å². The molecule has 0 saturated heterocycles. The number of ether oxygens (including phenoxy) is 1. The van der Waals surface area contributed by atoms with Gasteiger partial charge in [-0.1, -0.05) is 33.1 Å². The van der Waals surface area contributed by atoms with Crippen LogP contribution in [0.2, 0.25) is 0 Å². The van der Waals surface area contributed by atoms with E-state index in [2.05, 4.69) is 13.8 Å². The van der Waals surface area contributed by atoms with Crippen molar-refractivity contribution in [1.82, 2.24) is 0 Å². The zero-order valence-electron chi connectivity index (χ0n) is 14.5. The molecule has 0 saturated carbocycles. The number of esters is 1. The monoisotopic (exact) mass is 336 g/mol. The zero-order valence-corrected chi connectivity index (χ0v) is 14.5. The summed E-state index contributed by atoms with van der Waals surface area (Å²) in [5, 5.41) is 46.9. The summed E-state index contributed by atoms with van der Waals surface area (Å²) in [6.45, 7) is 6.77. The summed E-state index contributed by atoms with van der Waals surface area (Å²) < 4.78 is 5.23. The Morgan fingerprint density at radius 1 is 1.13 bits per heavy atom. The Bertz CT molecular complexity index is 345. The van der Waals surface area contributed by atoms with Gasteiger partial charge >= 0.3 is 5.97 Å². The van der Waals surface area contributed by atoms with Crippen molar-refractivity contribution in [3.8, 4) is 0 Å². The van der Waals surface area contributed by atoms with Gasteiger partial charge in [-0.3, -0.25) is 0 Å². The first kappa shape index (κ1) is 22.3. The highest BCUT2D eigenvalue weighted by Gasteiger charge is 2.37. The summed E-state index contributed by atoms with van der Waals surface area (Å²) in [7, 11) is 0. The molecule has 0 bridgehead atoms. The predicted octanol–water partition coefficient (Wildman–Crippen LogP) is -0.0395. The summed E-state index contributed by atoms with van der Waals surface area (Å²) in [4.78, 5) is 11.9. The highest BCUT2D eigenvalue weighted by Crippen LogP contribution is 2.25. The van der Waals surface area contributed by atoms with Crippen molar-refractivity contribution in [3.63, 3.8) is 0 Å². The Morgan fingerprint density at radius 3 is 2.17 bits per heavy atom. The molecule has 0 fully saturated rings. The Kier molecular flexibility index (Phi) is 9.88. The molecule has 0 aliphatic carbocycles. The van der Waals surface area contributed by atoms with E-state index in [0.29, 0.717) is 12.3 Å². The molecule has 0 heterocycles. The first-order chi connectivity index (χ1) is 10.6. The molecule has 7 heteroatoms. The Labute approximate surface area is 137 Å². The number of rotatable bonds is 11. The normalized spacial score (nSPS) is 18.8. The number of aliphatic hydroxyl groups excluding tert-OH is 5. The predicted molar refractivity (Wildman–Crippen MR) is 84.6 cm³/mol. The van der Waals surface area contributed by atoms with Crippen LogP contribution in [0.15, 0.2) is 0 Å². The number of aliphatic hydroxyl groups is 5. The highest BCUT2D eigenvalue weighted by atomic mass is 16.6. The van der Waals surface area contributed by atoms with Crippen molar-refractivity contribution in [3.05, 3.63) is 0 Å². The van der Waals surface area contributed by atoms with E-state index in [1.54, 1.807) is 13.8 Å². The second-order valence-corrected chi connectivity index (χ2v) is 6.81. The first-order valence-corrected chi connectivity index (χ1v) is 8.11. The van der Waals surface area contributed by atoms with Crippen LogP contribution in [0.3, 0.4) is 0 Å². The second-order valence-electron chi connectivity index (χ2n) is 6.81. The van der Waals surface area contributed by atoms with Crippen LogP contribution in [0.25, 0.3) is 0 Å². The van der Waals surface area contributed by atoms with E-state index < -0.39 is 42.6 Å². The lowest BCUT2D eigenvalue weighted by Crippen LogP contribution is -2.50. The molecule has 138 valence electrons. The minimum absolute atomic E-state index is 0.335. The number of hydrogen-bond acceptors (Lipinski definition) is 7. The molecule has 23 heavy (non-hydrogen) atoms. The van der Waals surface area contributed by atoms with Gasteiger partial charge in [0.1, 0.15) is 23.9 Å². The van der Waals surface area contributed by atoms with Gasteiger partial charge in [0.05, 0.1) is 6.61 Å².